The first-order valence-corrected chi connectivity index (χ1v) is 14.0. The third-order valence-electron chi connectivity index (χ3n) is 8.34. The van der Waals surface area contributed by atoms with Gasteiger partial charge >= 0.3 is 0 Å². The molecule has 2 amide bonds. The number of ketones is 1. The zero-order valence-electron chi connectivity index (χ0n) is 23.3. The van der Waals surface area contributed by atoms with Crippen LogP contribution < -0.4 is 19.7 Å². The van der Waals surface area contributed by atoms with Gasteiger partial charge in [0.15, 0.2) is 17.3 Å². The Morgan fingerprint density at radius 2 is 1.62 bits per heavy atom. The van der Waals surface area contributed by atoms with Crippen LogP contribution in [0.15, 0.2) is 59.8 Å². The minimum absolute atomic E-state index is 0.0208. The van der Waals surface area contributed by atoms with Crippen LogP contribution in [0.4, 0.5) is 11.4 Å². The summed E-state index contributed by atoms with van der Waals surface area (Å²) in [7, 11) is 0. The maximum Gasteiger partial charge on any atom is 0.267 e. The number of ether oxygens (including phenoxy) is 2. The molecule has 4 aliphatic rings. The van der Waals surface area contributed by atoms with E-state index >= 15 is 0 Å². The number of carbonyl (C=O) groups is 3. The molecule has 9 heteroatoms. The molecule has 40 heavy (non-hydrogen) atoms. The number of hydrogen-bond donors (Lipinski definition) is 1. The molecule has 2 aromatic carbocycles. The second kappa shape index (κ2) is 10.2. The molecule has 3 aliphatic heterocycles. The first kappa shape index (κ1) is 26.2. The number of nitrogens with zero attached hydrogens (tertiary/aromatic N) is 3. The van der Waals surface area contributed by atoms with Crippen LogP contribution in [0.3, 0.4) is 0 Å². The van der Waals surface area contributed by atoms with Crippen LogP contribution in [0.5, 0.6) is 11.5 Å². The van der Waals surface area contributed by atoms with E-state index < -0.39 is 6.10 Å². The molecule has 1 aliphatic carbocycles. The lowest BCUT2D eigenvalue weighted by atomic mass is 9.74. The maximum absolute atomic E-state index is 13.6. The molecule has 210 valence electrons. The van der Waals surface area contributed by atoms with Crippen molar-refractivity contribution in [1.29, 1.82) is 0 Å². The predicted octanol–water partition coefficient (Wildman–Crippen LogP) is 3.46. The highest BCUT2D eigenvalue weighted by molar-refractivity contribution is 6.01. The van der Waals surface area contributed by atoms with E-state index in [1.807, 2.05) is 59.2 Å². The van der Waals surface area contributed by atoms with E-state index in [0.717, 1.165) is 29.1 Å². The summed E-state index contributed by atoms with van der Waals surface area (Å²) in [4.78, 5) is 45.7. The Balaban J connectivity index is 1.13. The number of nitrogens with one attached hydrogen (secondary N) is 1. The third kappa shape index (κ3) is 4.89. The molecule has 2 atom stereocenters. The number of fused-ring (bicyclic) bond motifs is 2. The SMILES string of the molecule is CC1C2=C(CC(C)(C)CC2=O)Nc2ccccc2N1CC(=O)N1CCN(C(=O)C2COc3ccccc3O2)CC1. The van der Waals surface area contributed by atoms with Gasteiger partial charge in [-0.1, -0.05) is 38.1 Å². The van der Waals surface area contributed by atoms with Crippen LogP contribution in [-0.2, 0) is 14.4 Å². The van der Waals surface area contributed by atoms with Crippen molar-refractivity contribution in [3.63, 3.8) is 0 Å². The van der Waals surface area contributed by atoms with Gasteiger partial charge in [0.2, 0.25) is 12.0 Å². The average molecular weight is 545 g/mol. The maximum atomic E-state index is 13.6. The average Bonchev–Trinajstić information content (AvgIpc) is 3.05. The van der Waals surface area contributed by atoms with E-state index in [4.69, 9.17) is 9.47 Å². The van der Waals surface area contributed by atoms with Crippen molar-refractivity contribution in [1.82, 2.24) is 9.80 Å². The molecule has 0 bridgehead atoms. The van der Waals surface area contributed by atoms with E-state index in [9.17, 15) is 14.4 Å². The van der Waals surface area contributed by atoms with Gasteiger partial charge < -0.3 is 29.5 Å². The third-order valence-corrected chi connectivity index (χ3v) is 8.34. The Morgan fingerprint density at radius 3 is 2.40 bits per heavy atom. The molecule has 0 radical (unpaired) electrons. The standard InChI is InChI=1S/C31H36N4O5/c1-20-29-22(16-31(2,3)17-24(29)36)32-21-8-4-5-9-23(21)35(20)18-28(37)33-12-14-34(15-13-33)30(38)27-19-39-25-10-6-7-11-26(25)40-27/h4-11,20,27,32H,12-19H2,1-3H3. The van der Waals surface area contributed by atoms with Crippen LogP contribution in [0.25, 0.3) is 0 Å². The molecule has 6 rings (SSSR count). The van der Waals surface area contributed by atoms with Crippen molar-refractivity contribution >= 4 is 29.0 Å². The van der Waals surface area contributed by atoms with Crippen LogP contribution in [0.1, 0.15) is 33.6 Å². The van der Waals surface area contributed by atoms with E-state index in [1.54, 1.807) is 11.0 Å². The number of anilines is 2. The topological polar surface area (TPSA) is 91.4 Å². The number of allylic oxidation sites excluding steroid dienone is 1. The van der Waals surface area contributed by atoms with Crippen molar-refractivity contribution in [3.8, 4) is 11.5 Å². The van der Waals surface area contributed by atoms with E-state index in [2.05, 4.69) is 19.2 Å². The van der Waals surface area contributed by atoms with Gasteiger partial charge in [0, 0.05) is 43.9 Å². The van der Waals surface area contributed by atoms with E-state index in [-0.39, 0.29) is 42.2 Å². The molecule has 3 heterocycles. The fourth-order valence-electron chi connectivity index (χ4n) is 6.28. The second-order valence-corrected chi connectivity index (χ2v) is 11.8. The number of rotatable bonds is 3. The largest absolute Gasteiger partial charge is 0.485 e. The van der Waals surface area contributed by atoms with Crippen LogP contribution in [-0.4, -0.2) is 78.9 Å². The van der Waals surface area contributed by atoms with Gasteiger partial charge in [-0.2, -0.15) is 0 Å². The zero-order chi connectivity index (χ0) is 28.0. The Hall–Kier alpha value is -4.01. The molecule has 0 aromatic heterocycles. The summed E-state index contributed by atoms with van der Waals surface area (Å²) in [5.41, 5.74) is 3.43. The Labute approximate surface area is 234 Å². The molecule has 2 unspecified atom stereocenters. The van der Waals surface area contributed by atoms with Gasteiger partial charge in [-0.15, -0.1) is 0 Å². The molecule has 1 N–H and O–H groups in total. The molecular formula is C31H36N4O5. The van der Waals surface area contributed by atoms with Gasteiger partial charge in [0.25, 0.3) is 5.91 Å². The number of para-hydroxylation sites is 4. The summed E-state index contributed by atoms with van der Waals surface area (Å²) >= 11 is 0. The molecule has 1 fully saturated rings. The highest BCUT2D eigenvalue weighted by atomic mass is 16.6. The summed E-state index contributed by atoms with van der Waals surface area (Å²) in [5, 5.41) is 3.54. The Kier molecular flexibility index (Phi) is 6.68. The summed E-state index contributed by atoms with van der Waals surface area (Å²) in [6, 6.07) is 15.0. The Bertz CT molecular complexity index is 1380. The van der Waals surface area contributed by atoms with Crippen molar-refractivity contribution < 1.29 is 23.9 Å². The molecule has 2 aromatic rings. The highest BCUT2D eigenvalue weighted by Crippen LogP contribution is 2.43. The van der Waals surface area contributed by atoms with Gasteiger partial charge in [0.05, 0.1) is 24.0 Å². The van der Waals surface area contributed by atoms with Gasteiger partial charge in [-0.3, -0.25) is 14.4 Å². The summed E-state index contributed by atoms with van der Waals surface area (Å²) in [6.45, 7) is 8.33. The van der Waals surface area contributed by atoms with Crippen LogP contribution in [0, 0.1) is 5.41 Å². The quantitative estimate of drug-likeness (QED) is 0.633. The summed E-state index contributed by atoms with van der Waals surface area (Å²) in [5.74, 6) is 1.21. The number of piperazine rings is 1. The van der Waals surface area contributed by atoms with E-state index in [1.165, 1.54) is 0 Å². The number of benzene rings is 2. The monoisotopic (exact) mass is 544 g/mol. The first-order chi connectivity index (χ1) is 19.2. The minimum atomic E-state index is -0.695. The predicted molar refractivity (Wildman–Crippen MR) is 151 cm³/mol. The Morgan fingerprint density at radius 1 is 0.950 bits per heavy atom. The van der Waals surface area contributed by atoms with Crippen LogP contribution in [0.2, 0.25) is 0 Å². The fraction of sp³-hybridized carbons (Fsp3) is 0.452. The first-order valence-electron chi connectivity index (χ1n) is 14.0. The van der Waals surface area contributed by atoms with Crippen molar-refractivity contribution in [3.05, 3.63) is 59.8 Å². The van der Waals surface area contributed by atoms with Crippen molar-refractivity contribution in [2.75, 3.05) is 49.5 Å². The number of hydrogen-bond acceptors (Lipinski definition) is 7. The van der Waals surface area contributed by atoms with Crippen molar-refractivity contribution in [2.45, 2.75) is 45.8 Å². The minimum Gasteiger partial charge on any atom is -0.485 e. The smallest absolute Gasteiger partial charge is 0.267 e. The van der Waals surface area contributed by atoms with Gasteiger partial charge in [0.1, 0.15) is 6.61 Å². The van der Waals surface area contributed by atoms with Crippen LogP contribution >= 0.6 is 0 Å². The lowest BCUT2D eigenvalue weighted by Crippen LogP contribution is -2.56. The molecule has 0 spiro atoms. The lowest BCUT2D eigenvalue weighted by Gasteiger charge is -2.39. The second-order valence-electron chi connectivity index (χ2n) is 11.8. The summed E-state index contributed by atoms with van der Waals surface area (Å²) < 4.78 is 11.6. The number of Topliss-reactive ketones (excluding diaryl/α,β-unsaturated/α-hetero) is 1. The lowest BCUT2D eigenvalue weighted by molar-refractivity contribution is -0.145. The number of amides is 2. The summed E-state index contributed by atoms with van der Waals surface area (Å²) in [6.07, 6.45) is 0.582. The zero-order valence-corrected chi connectivity index (χ0v) is 23.3. The molecular weight excluding hydrogens is 508 g/mol. The fourth-order valence-corrected chi connectivity index (χ4v) is 6.28. The van der Waals surface area contributed by atoms with Gasteiger partial charge in [-0.05, 0) is 43.0 Å². The molecule has 9 nitrogen and oxygen atoms in total. The normalized spacial score (nSPS) is 23.6. The van der Waals surface area contributed by atoms with Crippen molar-refractivity contribution in [2.24, 2.45) is 5.41 Å². The van der Waals surface area contributed by atoms with Gasteiger partial charge in [-0.25, -0.2) is 0 Å². The molecule has 1 saturated heterocycles. The number of carbonyl (C=O) groups excluding carboxylic acids is 3. The molecule has 0 saturated carbocycles. The van der Waals surface area contributed by atoms with E-state index in [0.29, 0.717) is 44.1 Å². The highest BCUT2D eigenvalue weighted by Gasteiger charge is 2.40.